The first kappa shape index (κ1) is 10.1. The van der Waals surface area contributed by atoms with Crippen molar-refractivity contribution in [2.45, 2.75) is 32.4 Å². The zero-order chi connectivity index (χ0) is 10.8. The van der Waals surface area contributed by atoms with E-state index in [0.717, 1.165) is 12.8 Å². The maximum atomic E-state index is 10.6. The number of aliphatic carboxylic acids is 1. The summed E-state index contributed by atoms with van der Waals surface area (Å²) >= 11 is 0. The van der Waals surface area contributed by atoms with Gasteiger partial charge in [-0.1, -0.05) is 0 Å². The second kappa shape index (κ2) is 3.98. The van der Waals surface area contributed by atoms with Crippen molar-refractivity contribution in [1.82, 2.24) is 15.1 Å². The molecule has 1 aromatic rings. The fraction of sp³-hybridized carbons (Fsp3) is 0.667. The van der Waals surface area contributed by atoms with E-state index in [-0.39, 0.29) is 6.54 Å². The first-order chi connectivity index (χ1) is 7.15. The fourth-order valence-corrected chi connectivity index (χ4v) is 1.50. The highest BCUT2D eigenvalue weighted by molar-refractivity contribution is 5.69. The summed E-state index contributed by atoms with van der Waals surface area (Å²) in [6, 6.07) is 0.369. The van der Waals surface area contributed by atoms with Crippen LogP contribution in [-0.2, 0) is 11.3 Å². The van der Waals surface area contributed by atoms with Crippen LogP contribution in [0.5, 0.6) is 0 Å². The number of carboxylic acids is 1. The number of hydrogen-bond acceptors (Lipinski definition) is 5. The first-order valence-corrected chi connectivity index (χ1v) is 4.90. The SMILES string of the molecule is Cc1nnc(CN(CC(=O)O)C2CC2)o1. The summed E-state index contributed by atoms with van der Waals surface area (Å²) in [5, 5.41) is 16.3. The van der Waals surface area contributed by atoms with Crippen molar-refractivity contribution in [2.24, 2.45) is 0 Å². The molecule has 82 valence electrons. The molecule has 0 unspecified atom stereocenters. The molecule has 1 aliphatic carbocycles. The van der Waals surface area contributed by atoms with Gasteiger partial charge < -0.3 is 9.52 Å². The second-order valence-electron chi connectivity index (χ2n) is 3.74. The predicted molar refractivity (Wildman–Crippen MR) is 50.1 cm³/mol. The Balaban J connectivity index is 1.96. The van der Waals surface area contributed by atoms with Crippen LogP contribution < -0.4 is 0 Å². The van der Waals surface area contributed by atoms with Crippen LogP contribution in [0.3, 0.4) is 0 Å². The molecule has 2 rings (SSSR count). The third-order valence-corrected chi connectivity index (χ3v) is 2.31. The summed E-state index contributed by atoms with van der Waals surface area (Å²) in [6.45, 7) is 2.18. The Morgan fingerprint density at radius 3 is 2.80 bits per heavy atom. The number of rotatable bonds is 5. The lowest BCUT2D eigenvalue weighted by atomic mass is 10.4. The Morgan fingerprint density at radius 2 is 2.33 bits per heavy atom. The Kier molecular flexibility index (Phi) is 2.68. The molecule has 0 aromatic carbocycles. The predicted octanol–water partition coefficient (Wildman–Crippen LogP) is 0.427. The highest BCUT2D eigenvalue weighted by Gasteiger charge is 2.31. The molecule has 0 atom stereocenters. The third-order valence-electron chi connectivity index (χ3n) is 2.31. The Hall–Kier alpha value is -1.43. The zero-order valence-corrected chi connectivity index (χ0v) is 8.51. The second-order valence-corrected chi connectivity index (χ2v) is 3.74. The normalized spacial score (nSPS) is 15.9. The van der Waals surface area contributed by atoms with Crippen molar-refractivity contribution in [3.63, 3.8) is 0 Å². The van der Waals surface area contributed by atoms with Gasteiger partial charge in [0.2, 0.25) is 11.8 Å². The van der Waals surface area contributed by atoms with Gasteiger partial charge in [0.25, 0.3) is 0 Å². The third kappa shape index (κ3) is 2.76. The zero-order valence-electron chi connectivity index (χ0n) is 8.51. The van der Waals surface area contributed by atoms with Crippen molar-refractivity contribution in [3.05, 3.63) is 11.8 Å². The van der Waals surface area contributed by atoms with Crippen LogP contribution in [0.4, 0.5) is 0 Å². The van der Waals surface area contributed by atoms with Gasteiger partial charge in [-0.2, -0.15) is 0 Å². The summed E-state index contributed by atoms with van der Waals surface area (Å²) in [7, 11) is 0. The highest BCUT2D eigenvalue weighted by atomic mass is 16.4. The monoisotopic (exact) mass is 211 g/mol. The van der Waals surface area contributed by atoms with E-state index in [4.69, 9.17) is 9.52 Å². The van der Waals surface area contributed by atoms with Gasteiger partial charge in [0.05, 0.1) is 13.1 Å². The molecule has 0 bridgehead atoms. The molecule has 1 saturated carbocycles. The van der Waals surface area contributed by atoms with E-state index in [9.17, 15) is 4.79 Å². The average molecular weight is 211 g/mol. The topological polar surface area (TPSA) is 79.5 Å². The molecule has 0 saturated heterocycles. The van der Waals surface area contributed by atoms with E-state index in [0.29, 0.717) is 24.4 Å². The molecule has 0 spiro atoms. The molecule has 15 heavy (non-hydrogen) atoms. The van der Waals surface area contributed by atoms with Gasteiger partial charge in [-0.3, -0.25) is 9.69 Å². The van der Waals surface area contributed by atoms with Crippen LogP contribution >= 0.6 is 0 Å². The Morgan fingerprint density at radius 1 is 1.60 bits per heavy atom. The number of aryl methyl sites for hydroxylation is 1. The number of hydrogen-bond donors (Lipinski definition) is 1. The van der Waals surface area contributed by atoms with Crippen molar-refractivity contribution in [3.8, 4) is 0 Å². The van der Waals surface area contributed by atoms with Gasteiger partial charge in [-0.25, -0.2) is 0 Å². The van der Waals surface area contributed by atoms with E-state index < -0.39 is 5.97 Å². The standard InChI is InChI=1S/C9H13N3O3/c1-6-10-11-8(15-6)4-12(5-9(13)14)7-2-3-7/h7H,2-5H2,1H3,(H,13,14). The lowest BCUT2D eigenvalue weighted by Crippen LogP contribution is -2.31. The molecule has 1 N–H and O–H groups in total. The molecular formula is C9H13N3O3. The molecule has 1 aromatic heterocycles. The fourth-order valence-electron chi connectivity index (χ4n) is 1.50. The van der Waals surface area contributed by atoms with Crippen LogP contribution in [0.25, 0.3) is 0 Å². The summed E-state index contributed by atoms with van der Waals surface area (Å²) in [5.41, 5.74) is 0. The van der Waals surface area contributed by atoms with E-state index in [1.54, 1.807) is 6.92 Å². The van der Waals surface area contributed by atoms with Crippen LogP contribution in [0.2, 0.25) is 0 Å². The van der Waals surface area contributed by atoms with Crippen molar-refractivity contribution in [2.75, 3.05) is 6.54 Å². The van der Waals surface area contributed by atoms with Crippen LogP contribution in [0, 0.1) is 6.92 Å². The molecule has 6 nitrogen and oxygen atoms in total. The van der Waals surface area contributed by atoms with E-state index in [1.165, 1.54) is 0 Å². The molecule has 1 heterocycles. The van der Waals surface area contributed by atoms with E-state index in [2.05, 4.69) is 10.2 Å². The molecular weight excluding hydrogens is 198 g/mol. The Labute approximate surface area is 86.9 Å². The summed E-state index contributed by atoms with van der Waals surface area (Å²) < 4.78 is 5.22. The molecule has 0 aliphatic heterocycles. The molecule has 0 radical (unpaired) electrons. The lowest BCUT2D eigenvalue weighted by Gasteiger charge is -2.16. The lowest BCUT2D eigenvalue weighted by molar-refractivity contribution is -0.138. The number of aromatic nitrogens is 2. The highest BCUT2D eigenvalue weighted by Crippen LogP contribution is 2.27. The molecule has 1 fully saturated rings. The molecule has 1 aliphatic rings. The number of nitrogens with zero attached hydrogens (tertiary/aromatic N) is 3. The van der Waals surface area contributed by atoms with Crippen molar-refractivity contribution >= 4 is 5.97 Å². The maximum Gasteiger partial charge on any atom is 0.317 e. The number of carboxylic acid groups (broad SMARTS) is 1. The number of carbonyl (C=O) groups is 1. The molecule has 6 heteroatoms. The quantitative estimate of drug-likeness (QED) is 0.760. The minimum atomic E-state index is -0.821. The van der Waals surface area contributed by atoms with Crippen molar-refractivity contribution in [1.29, 1.82) is 0 Å². The first-order valence-electron chi connectivity index (χ1n) is 4.90. The van der Waals surface area contributed by atoms with E-state index >= 15 is 0 Å². The van der Waals surface area contributed by atoms with Crippen LogP contribution in [0.1, 0.15) is 24.6 Å². The van der Waals surface area contributed by atoms with Gasteiger partial charge in [0.1, 0.15) is 0 Å². The largest absolute Gasteiger partial charge is 0.480 e. The summed E-state index contributed by atoms with van der Waals surface area (Å²) in [6.07, 6.45) is 2.11. The van der Waals surface area contributed by atoms with Gasteiger partial charge in [0.15, 0.2) is 0 Å². The van der Waals surface area contributed by atoms with Gasteiger partial charge >= 0.3 is 5.97 Å². The molecule has 0 amide bonds. The van der Waals surface area contributed by atoms with E-state index in [1.807, 2.05) is 4.90 Å². The summed E-state index contributed by atoms with van der Waals surface area (Å²) in [5.74, 6) is 0.176. The van der Waals surface area contributed by atoms with Crippen LogP contribution in [-0.4, -0.2) is 38.8 Å². The van der Waals surface area contributed by atoms with Crippen LogP contribution in [0.15, 0.2) is 4.42 Å². The van der Waals surface area contributed by atoms with Gasteiger partial charge in [-0.05, 0) is 12.8 Å². The van der Waals surface area contributed by atoms with Gasteiger partial charge in [-0.15, -0.1) is 10.2 Å². The minimum Gasteiger partial charge on any atom is -0.480 e. The van der Waals surface area contributed by atoms with Crippen molar-refractivity contribution < 1.29 is 14.3 Å². The van der Waals surface area contributed by atoms with Gasteiger partial charge in [0, 0.05) is 13.0 Å². The minimum absolute atomic E-state index is 0.0338. The summed E-state index contributed by atoms with van der Waals surface area (Å²) in [4.78, 5) is 12.5. The Bertz CT molecular complexity index is 359. The smallest absolute Gasteiger partial charge is 0.317 e. The average Bonchev–Trinajstić information content (AvgIpc) is 2.90. The maximum absolute atomic E-state index is 10.6.